The molecular weight excluding hydrogens is 272 g/mol. The summed E-state index contributed by atoms with van der Waals surface area (Å²) in [5.41, 5.74) is 0. The Bertz CT molecular complexity index is 369. The van der Waals surface area contributed by atoms with Gasteiger partial charge in [0.05, 0.1) is 19.1 Å². The van der Waals surface area contributed by atoms with E-state index in [0.717, 1.165) is 26.2 Å². The standard InChI is InChI=1S/C14H26N4O3/c1-2-17-4-3-15-12(14(17)21)11-13(20)18-7-5-16(6-8-18)9-10-19/h12,15,19H,2-11H2,1H3. The number of carbonyl (C=O) groups is 2. The second kappa shape index (κ2) is 7.72. The largest absolute Gasteiger partial charge is 0.395 e. The molecule has 2 aliphatic rings. The summed E-state index contributed by atoms with van der Waals surface area (Å²) in [6.45, 7) is 7.89. The molecule has 0 spiro atoms. The van der Waals surface area contributed by atoms with Crippen molar-refractivity contribution in [2.24, 2.45) is 0 Å². The third-order valence-corrected chi connectivity index (χ3v) is 4.28. The zero-order valence-electron chi connectivity index (χ0n) is 12.8. The smallest absolute Gasteiger partial charge is 0.240 e. The van der Waals surface area contributed by atoms with Crippen molar-refractivity contribution in [2.75, 3.05) is 59.0 Å². The van der Waals surface area contributed by atoms with Gasteiger partial charge in [0.15, 0.2) is 0 Å². The molecule has 2 fully saturated rings. The Kier molecular flexibility index (Phi) is 5.96. The highest BCUT2D eigenvalue weighted by atomic mass is 16.3. The number of carbonyl (C=O) groups excluding carboxylic acids is 2. The lowest BCUT2D eigenvalue weighted by Gasteiger charge is -2.36. The second-order valence-electron chi connectivity index (χ2n) is 5.57. The van der Waals surface area contributed by atoms with Crippen molar-refractivity contribution in [1.29, 1.82) is 0 Å². The van der Waals surface area contributed by atoms with Crippen molar-refractivity contribution in [3.8, 4) is 0 Å². The van der Waals surface area contributed by atoms with Crippen molar-refractivity contribution in [3.05, 3.63) is 0 Å². The normalized spacial score (nSPS) is 24.5. The summed E-state index contributed by atoms with van der Waals surface area (Å²) in [5.74, 6) is 0.0819. The summed E-state index contributed by atoms with van der Waals surface area (Å²) in [6.07, 6.45) is 0.245. The number of aliphatic hydroxyl groups excluding tert-OH is 1. The lowest BCUT2D eigenvalue weighted by atomic mass is 10.1. The van der Waals surface area contributed by atoms with Gasteiger partial charge in [0.2, 0.25) is 11.8 Å². The Labute approximate surface area is 125 Å². The van der Waals surface area contributed by atoms with Gasteiger partial charge >= 0.3 is 0 Å². The van der Waals surface area contributed by atoms with E-state index >= 15 is 0 Å². The molecule has 2 heterocycles. The van der Waals surface area contributed by atoms with Crippen LogP contribution in [0.2, 0.25) is 0 Å². The van der Waals surface area contributed by atoms with E-state index in [2.05, 4.69) is 10.2 Å². The molecule has 0 aromatic carbocycles. The van der Waals surface area contributed by atoms with Crippen LogP contribution in [0.5, 0.6) is 0 Å². The fourth-order valence-corrected chi connectivity index (χ4v) is 2.93. The third-order valence-electron chi connectivity index (χ3n) is 4.28. The summed E-state index contributed by atoms with van der Waals surface area (Å²) in [7, 11) is 0. The van der Waals surface area contributed by atoms with Gasteiger partial charge in [0, 0.05) is 52.4 Å². The molecule has 7 nitrogen and oxygen atoms in total. The lowest BCUT2D eigenvalue weighted by molar-refractivity contribution is -0.141. The molecule has 0 bridgehead atoms. The van der Waals surface area contributed by atoms with Crippen LogP contribution < -0.4 is 5.32 Å². The molecule has 0 radical (unpaired) electrons. The zero-order valence-corrected chi connectivity index (χ0v) is 12.8. The van der Waals surface area contributed by atoms with E-state index in [1.165, 1.54) is 0 Å². The van der Waals surface area contributed by atoms with E-state index in [0.29, 0.717) is 26.2 Å². The van der Waals surface area contributed by atoms with Crippen molar-refractivity contribution in [3.63, 3.8) is 0 Å². The monoisotopic (exact) mass is 298 g/mol. The highest BCUT2D eigenvalue weighted by Crippen LogP contribution is 2.09. The Morgan fingerprint density at radius 2 is 2.00 bits per heavy atom. The Morgan fingerprint density at radius 3 is 2.62 bits per heavy atom. The summed E-state index contributed by atoms with van der Waals surface area (Å²) in [4.78, 5) is 30.3. The second-order valence-corrected chi connectivity index (χ2v) is 5.57. The van der Waals surface area contributed by atoms with Crippen LogP contribution in [-0.4, -0.2) is 96.6 Å². The van der Waals surface area contributed by atoms with Crippen LogP contribution in [0.4, 0.5) is 0 Å². The number of hydrogen-bond donors (Lipinski definition) is 2. The molecule has 0 aromatic heterocycles. The predicted molar refractivity (Wildman–Crippen MR) is 78.8 cm³/mol. The molecular formula is C14H26N4O3. The van der Waals surface area contributed by atoms with Gasteiger partial charge < -0.3 is 20.2 Å². The van der Waals surface area contributed by atoms with E-state index in [4.69, 9.17) is 5.11 Å². The predicted octanol–water partition coefficient (Wildman–Crippen LogP) is -1.67. The summed E-state index contributed by atoms with van der Waals surface area (Å²) >= 11 is 0. The van der Waals surface area contributed by atoms with Crippen molar-refractivity contribution in [1.82, 2.24) is 20.0 Å². The molecule has 1 unspecified atom stereocenters. The van der Waals surface area contributed by atoms with Crippen molar-refractivity contribution < 1.29 is 14.7 Å². The average molecular weight is 298 g/mol. The van der Waals surface area contributed by atoms with Crippen LogP contribution >= 0.6 is 0 Å². The maximum atomic E-state index is 12.3. The van der Waals surface area contributed by atoms with Crippen LogP contribution in [0, 0.1) is 0 Å². The van der Waals surface area contributed by atoms with Crippen LogP contribution in [0.25, 0.3) is 0 Å². The number of rotatable bonds is 5. The minimum atomic E-state index is -0.373. The van der Waals surface area contributed by atoms with E-state index in [-0.39, 0.29) is 30.9 Å². The van der Waals surface area contributed by atoms with Gasteiger partial charge in [-0.2, -0.15) is 0 Å². The van der Waals surface area contributed by atoms with Gasteiger partial charge in [0.1, 0.15) is 0 Å². The molecule has 2 amide bonds. The lowest BCUT2D eigenvalue weighted by Crippen LogP contribution is -2.57. The van der Waals surface area contributed by atoms with Crippen molar-refractivity contribution in [2.45, 2.75) is 19.4 Å². The summed E-state index contributed by atoms with van der Waals surface area (Å²) in [5, 5.41) is 12.1. The number of likely N-dealkylation sites (N-methyl/N-ethyl adjacent to an activating group) is 1. The molecule has 120 valence electrons. The van der Waals surface area contributed by atoms with E-state index in [1.807, 2.05) is 11.8 Å². The number of hydrogen-bond acceptors (Lipinski definition) is 5. The summed E-state index contributed by atoms with van der Waals surface area (Å²) < 4.78 is 0. The zero-order chi connectivity index (χ0) is 15.2. The fourth-order valence-electron chi connectivity index (χ4n) is 2.93. The summed E-state index contributed by atoms with van der Waals surface area (Å²) in [6, 6.07) is -0.373. The maximum absolute atomic E-state index is 12.3. The molecule has 21 heavy (non-hydrogen) atoms. The average Bonchev–Trinajstić information content (AvgIpc) is 2.50. The molecule has 2 aliphatic heterocycles. The molecule has 0 aromatic rings. The number of aliphatic hydroxyl groups is 1. The number of piperazine rings is 2. The Hall–Kier alpha value is -1.18. The minimum absolute atomic E-state index is 0.0380. The first kappa shape index (κ1) is 16.2. The molecule has 0 saturated carbocycles. The topological polar surface area (TPSA) is 76.1 Å². The number of β-amino-alcohol motifs (C(OH)–C–C–N with tert-alkyl or cyclic N) is 1. The highest BCUT2D eigenvalue weighted by molar-refractivity contribution is 5.89. The fraction of sp³-hybridized carbons (Fsp3) is 0.857. The quantitative estimate of drug-likeness (QED) is 0.635. The number of nitrogens with zero attached hydrogens (tertiary/aromatic N) is 3. The third kappa shape index (κ3) is 4.15. The molecule has 2 rings (SSSR count). The van der Waals surface area contributed by atoms with Gasteiger partial charge in [-0.3, -0.25) is 14.5 Å². The molecule has 2 N–H and O–H groups in total. The van der Waals surface area contributed by atoms with Gasteiger partial charge in [-0.1, -0.05) is 0 Å². The van der Waals surface area contributed by atoms with Gasteiger partial charge in [-0.05, 0) is 6.92 Å². The van der Waals surface area contributed by atoms with Crippen LogP contribution in [-0.2, 0) is 9.59 Å². The highest BCUT2D eigenvalue weighted by Gasteiger charge is 2.31. The Balaban J connectivity index is 1.80. The molecule has 0 aliphatic carbocycles. The Morgan fingerprint density at radius 1 is 1.29 bits per heavy atom. The SMILES string of the molecule is CCN1CCNC(CC(=O)N2CCN(CCO)CC2)C1=O. The van der Waals surface area contributed by atoms with Crippen LogP contribution in [0.3, 0.4) is 0 Å². The van der Waals surface area contributed by atoms with Crippen LogP contribution in [0.15, 0.2) is 0 Å². The molecule has 1 atom stereocenters. The van der Waals surface area contributed by atoms with E-state index < -0.39 is 0 Å². The van der Waals surface area contributed by atoms with Gasteiger partial charge in [-0.15, -0.1) is 0 Å². The maximum Gasteiger partial charge on any atom is 0.240 e. The van der Waals surface area contributed by atoms with E-state index in [9.17, 15) is 9.59 Å². The van der Waals surface area contributed by atoms with Crippen molar-refractivity contribution >= 4 is 11.8 Å². The minimum Gasteiger partial charge on any atom is -0.395 e. The molecule has 7 heteroatoms. The number of nitrogens with one attached hydrogen (secondary N) is 1. The van der Waals surface area contributed by atoms with Gasteiger partial charge in [0.25, 0.3) is 0 Å². The first-order chi connectivity index (χ1) is 10.2. The number of amides is 2. The van der Waals surface area contributed by atoms with E-state index in [1.54, 1.807) is 4.90 Å². The first-order valence-corrected chi connectivity index (χ1v) is 7.79. The van der Waals surface area contributed by atoms with Crippen LogP contribution in [0.1, 0.15) is 13.3 Å². The first-order valence-electron chi connectivity index (χ1n) is 7.79. The molecule has 2 saturated heterocycles. The van der Waals surface area contributed by atoms with Gasteiger partial charge in [-0.25, -0.2) is 0 Å².